The molecule has 4 rings (SSSR count). The highest BCUT2D eigenvalue weighted by Gasteiger charge is 2.14. The maximum absolute atomic E-state index is 12.6. The second-order valence-electron chi connectivity index (χ2n) is 7.33. The molecule has 0 spiro atoms. The Labute approximate surface area is 180 Å². The molecular formula is C22H24N6O3. The average molecular weight is 420 g/mol. The van der Waals surface area contributed by atoms with E-state index in [0.29, 0.717) is 36.7 Å². The summed E-state index contributed by atoms with van der Waals surface area (Å²) >= 11 is 0. The number of carbonyl (C=O) groups excluding carboxylic acids is 2. The van der Waals surface area contributed by atoms with E-state index in [1.54, 1.807) is 47.4 Å². The Hall–Kier alpha value is -3.56. The second kappa shape index (κ2) is 9.50. The number of amides is 2. The standard InChI is InChI=1S/C22H24N6O3/c1-27-14-18(13-24-27)16-10-17(12-23-11-16)22(30)26-20-4-2-19(3-5-20)25-21(29)15-28-6-8-31-9-7-28/h2-5,10-14H,6-9,15H2,1H3,(H,25,29)(H,26,30). The van der Waals surface area contributed by atoms with Crippen LogP contribution in [0.4, 0.5) is 11.4 Å². The Kier molecular flexibility index (Phi) is 6.34. The van der Waals surface area contributed by atoms with Gasteiger partial charge in [-0.1, -0.05) is 0 Å². The molecular weight excluding hydrogens is 396 g/mol. The Bertz CT molecular complexity index is 1060. The van der Waals surface area contributed by atoms with Crippen molar-refractivity contribution in [3.05, 3.63) is 60.7 Å². The van der Waals surface area contributed by atoms with Crippen LogP contribution in [0.3, 0.4) is 0 Å². The quantitative estimate of drug-likeness (QED) is 0.633. The van der Waals surface area contributed by atoms with Crippen molar-refractivity contribution in [2.24, 2.45) is 7.05 Å². The zero-order valence-electron chi connectivity index (χ0n) is 17.2. The molecule has 1 aromatic carbocycles. The number of hydrogen-bond acceptors (Lipinski definition) is 6. The maximum Gasteiger partial charge on any atom is 0.257 e. The fourth-order valence-electron chi connectivity index (χ4n) is 3.30. The van der Waals surface area contributed by atoms with Gasteiger partial charge in [0.1, 0.15) is 0 Å². The number of pyridine rings is 1. The van der Waals surface area contributed by atoms with Gasteiger partial charge in [-0.2, -0.15) is 5.10 Å². The summed E-state index contributed by atoms with van der Waals surface area (Å²) in [6, 6.07) is 8.80. The van der Waals surface area contributed by atoms with Crippen molar-refractivity contribution in [3.8, 4) is 11.1 Å². The molecule has 0 unspecified atom stereocenters. The predicted octanol–water partition coefficient (Wildman–Crippen LogP) is 2.01. The zero-order chi connectivity index (χ0) is 21.6. The molecule has 1 aliphatic heterocycles. The highest BCUT2D eigenvalue weighted by molar-refractivity contribution is 6.04. The van der Waals surface area contributed by atoms with E-state index in [9.17, 15) is 9.59 Å². The zero-order valence-corrected chi connectivity index (χ0v) is 17.2. The molecule has 3 aromatic rings. The van der Waals surface area contributed by atoms with Crippen LogP contribution in [-0.4, -0.2) is 64.3 Å². The molecule has 0 saturated carbocycles. The van der Waals surface area contributed by atoms with Gasteiger partial charge in [0.2, 0.25) is 5.91 Å². The van der Waals surface area contributed by atoms with Crippen molar-refractivity contribution in [1.82, 2.24) is 19.7 Å². The summed E-state index contributed by atoms with van der Waals surface area (Å²) in [6.07, 6.45) is 6.81. The molecule has 0 atom stereocenters. The molecule has 2 amide bonds. The Morgan fingerprint density at radius 3 is 2.39 bits per heavy atom. The molecule has 0 radical (unpaired) electrons. The first-order valence-electron chi connectivity index (χ1n) is 10.0. The highest BCUT2D eigenvalue weighted by Crippen LogP contribution is 2.20. The molecule has 1 aliphatic rings. The van der Waals surface area contributed by atoms with Gasteiger partial charge >= 0.3 is 0 Å². The van der Waals surface area contributed by atoms with Crippen LogP contribution in [0.5, 0.6) is 0 Å². The first kappa shape index (κ1) is 20.7. The molecule has 2 N–H and O–H groups in total. The minimum absolute atomic E-state index is 0.0722. The van der Waals surface area contributed by atoms with Crippen LogP contribution in [0.25, 0.3) is 11.1 Å². The molecule has 0 bridgehead atoms. The summed E-state index contributed by atoms with van der Waals surface area (Å²) in [5.74, 6) is -0.334. The van der Waals surface area contributed by atoms with Crippen molar-refractivity contribution in [2.75, 3.05) is 43.5 Å². The van der Waals surface area contributed by atoms with E-state index in [0.717, 1.165) is 24.2 Å². The third kappa shape index (κ3) is 5.53. The molecule has 9 nitrogen and oxygen atoms in total. The van der Waals surface area contributed by atoms with Crippen LogP contribution in [0.15, 0.2) is 55.1 Å². The van der Waals surface area contributed by atoms with Crippen LogP contribution < -0.4 is 10.6 Å². The summed E-state index contributed by atoms with van der Waals surface area (Å²) in [4.78, 5) is 31.1. The maximum atomic E-state index is 12.6. The van der Waals surface area contributed by atoms with Crippen LogP contribution in [0.1, 0.15) is 10.4 Å². The van der Waals surface area contributed by atoms with Crippen LogP contribution in [0.2, 0.25) is 0 Å². The van der Waals surface area contributed by atoms with Gasteiger partial charge in [-0.25, -0.2) is 0 Å². The van der Waals surface area contributed by atoms with E-state index >= 15 is 0 Å². The van der Waals surface area contributed by atoms with Gasteiger partial charge in [0.15, 0.2) is 0 Å². The SMILES string of the molecule is Cn1cc(-c2cncc(C(=O)Nc3ccc(NC(=O)CN4CCOCC4)cc3)c2)cn1. The van der Waals surface area contributed by atoms with Crippen molar-refractivity contribution >= 4 is 23.2 Å². The first-order chi connectivity index (χ1) is 15.1. The summed E-state index contributed by atoms with van der Waals surface area (Å²) in [6.45, 7) is 3.16. The molecule has 0 aliphatic carbocycles. The van der Waals surface area contributed by atoms with Crippen molar-refractivity contribution in [3.63, 3.8) is 0 Å². The predicted molar refractivity (Wildman–Crippen MR) is 117 cm³/mol. The lowest BCUT2D eigenvalue weighted by Crippen LogP contribution is -2.41. The third-order valence-electron chi connectivity index (χ3n) is 4.94. The lowest BCUT2D eigenvalue weighted by atomic mass is 10.1. The summed E-state index contributed by atoms with van der Waals surface area (Å²) in [5.41, 5.74) is 3.46. The van der Waals surface area contributed by atoms with Crippen LogP contribution >= 0.6 is 0 Å². The summed E-state index contributed by atoms with van der Waals surface area (Å²) in [7, 11) is 1.84. The van der Waals surface area contributed by atoms with Gasteiger partial charge in [-0.15, -0.1) is 0 Å². The molecule has 1 saturated heterocycles. The van der Waals surface area contributed by atoms with E-state index in [1.165, 1.54) is 6.20 Å². The largest absolute Gasteiger partial charge is 0.379 e. The van der Waals surface area contributed by atoms with Gasteiger partial charge in [-0.05, 0) is 30.3 Å². The monoisotopic (exact) mass is 420 g/mol. The van der Waals surface area contributed by atoms with Gasteiger partial charge in [0.05, 0.1) is 31.5 Å². The van der Waals surface area contributed by atoms with E-state index in [4.69, 9.17) is 4.74 Å². The van der Waals surface area contributed by atoms with Crippen LogP contribution in [0, 0.1) is 0 Å². The summed E-state index contributed by atoms with van der Waals surface area (Å²) in [5, 5.41) is 9.88. The number of ether oxygens (including phenoxy) is 1. The highest BCUT2D eigenvalue weighted by atomic mass is 16.5. The Morgan fingerprint density at radius 2 is 1.71 bits per heavy atom. The number of carbonyl (C=O) groups is 2. The number of morpholine rings is 1. The van der Waals surface area contributed by atoms with Crippen molar-refractivity contribution in [1.29, 1.82) is 0 Å². The van der Waals surface area contributed by atoms with E-state index in [2.05, 4.69) is 25.6 Å². The number of aryl methyl sites for hydroxylation is 1. The minimum atomic E-state index is -0.262. The lowest BCUT2D eigenvalue weighted by Gasteiger charge is -2.25. The lowest BCUT2D eigenvalue weighted by molar-refractivity contribution is -0.118. The second-order valence-corrected chi connectivity index (χ2v) is 7.33. The minimum Gasteiger partial charge on any atom is -0.379 e. The topological polar surface area (TPSA) is 101 Å². The Morgan fingerprint density at radius 1 is 1.00 bits per heavy atom. The smallest absolute Gasteiger partial charge is 0.257 e. The number of nitrogens with one attached hydrogen (secondary N) is 2. The number of rotatable bonds is 6. The third-order valence-corrected chi connectivity index (χ3v) is 4.94. The normalized spacial score (nSPS) is 14.2. The fourth-order valence-corrected chi connectivity index (χ4v) is 3.30. The molecule has 31 heavy (non-hydrogen) atoms. The number of benzene rings is 1. The van der Waals surface area contributed by atoms with Crippen molar-refractivity contribution in [2.45, 2.75) is 0 Å². The van der Waals surface area contributed by atoms with Crippen molar-refractivity contribution < 1.29 is 14.3 Å². The Balaban J connectivity index is 1.34. The van der Waals surface area contributed by atoms with E-state index in [-0.39, 0.29) is 11.8 Å². The van der Waals surface area contributed by atoms with Crippen LogP contribution in [-0.2, 0) is 16.6 Å². The number of hydrogen-bond donors (Lipinski definition) is 2. The van der Waals surface area contributed by atoms with E-state index in [1.807, 2.05) is 13.2 Å². The number of anilines is 2. The number of aromatic nitrogens is 3. The molecule has 3 heterocycles. The molecule has 160 valence electrons. The average Bonchev–Trinajstić information content (AvgIpc) is 3.22. The molecule has 2 aromatic heterocycles. The molecule has 9 heteroatoms. The van der Waals surface area contributed by atoms with Gasteiger partial charge in [0, 0.05) is 61.2 Å². The fraction of sp³-hybridized carbons (Fsp3) is 0.273. The summed E-state index contributed by atoms with van der Waals surface area (Å²) < 4.78 is 6.99. The first-order valence-corrected chi connectivity index (χ1v) is 10.0. The van der Waals surface area contributed by atoms with Gasteiger partial charge in [0.25, 0.3) is 5.91 Å². The van der Waals surface area contributed by atoms with E-state index < -0.39 is 0 Å². The van der Waals surface area contributed by atoms with Gasteiger partial charge < -0.3 is 15.4 Å². The molecule has 1 fully saturated rings. The van der Waals surface area contributed by atoms with Gasteiger partial charge in [-0.3, -0.25) is 24.2 Å². The number of nitrogens with zero attached hydrogens (tertiary/aromatic N) is 4.